The second-order valence-electron chi connectivity index (χ2n) is 2.84. The molecule has 0 N–H and O–H groups in total. The summed E-state index contributed by atoms with van der Waals surface area (Å²) in [4.78, 5) is 10.5. The highest BCUT2D eigenvalue weighted by atomic mass is 79.9. The Morgan fingerprint density at radius 2 is 2.25 bits per heavy atom. The Labute approximate surface area is 57.6 Å². The molecule has 0 spiro atoms. The van der Waals surface area contributed by atoms with Crippen LogP contribution in [-0.4, -0.2) is 11.1 Å². The van der Waals surface area contributed by atoms with E-state index < -0.39 is 0 Å². The molecule has 0 aromatic heterocycles. The van der Waals surface area contributed by atoms with E-state index in [1.807, 2.05) is 0 Å². The summed E-state index contributed by atoms with van der Waals surface area (Å²) in [6.45, 7) is 2.13. The number of alkyl halides is 1. The van der Waals surface area contributed by atoms with E-state index in [2.05, 4.69) is 22.9 Å². The van der Waals surface area contributed by atoms with Crippen molar-refractivity contribution in [1.82, 2.24) is 0 Å². The number of carbonyl (C=O) groups excluding carboxylic acids is 1. The first-order valence-corrected chi connectivity index (χ1v) is 3.86. The Hall–Kier alpha value is 0.150. The molecule has 1 aliphatic rings. The first-order valence-electron chi connectivity index (χ1n) is 2.74. The van der Waals surface area contributed by atoms with E-state index >= 15 is 0 Å². The van der Waals surface area contributed by atoms with Gasteiger partial charge in [-0.05, 0) is 5.41 Å². The molecule has 2 heteroatoms. The van der Waals surface area contributed by atoms with Crippen molar-refractivity contribution in [2.75, 3.05) is 5.33 Å². The predicted molar refractivity (Wildman–Crippen MR) is 36.1 cm³/mol. The largest absolute Gasteiger partial charge is 0.300 e. The molecule has 0 bridgehead atoms. The Morgan fingerprint density at radius 1 is 1.75 bits per heavy atom. The summed E-state index contributed by atoms with van der Waals surface area (Å²) >= 11 is 3.36. The first-order chi connectivity index (χ1) is 3.66. The van der Waals surface area contributed by atoms with Crippen LogP contribution in [0.25, 0.3) is 0 Å². The molecule has 0 aromatic rings. The number of hydrogen-bond donors (Lipinski definition) is 0. The maximum atomic E-state index is 10.5. The van der Waals surface area contributed by atoms with E-state index in [9.17, 15) is 4.79 Å². The summed E-state index contributed by atoms with van der Waals surface area (Å²) in [5.74, 6) is 0.409. The third-order valence-electron chi connectivity index (χ3n) is 1.57. The standard InChI is InChI=1S/C6H9BrO/c1-6(4-7)2-5(8)3-6/h2-4H2,1H3. The highest BCUT2D eigenvalue weighted by Crippen LogP contribution is 2.38. The topological polar surface area (TPSA) is 17.1 Å². The van der Waals surface area contributed by atoms with Gasteiger partial charge in [-0.3, -0.25) is 4.79 Å². The molecule has 1 nitrogen and oxygen atoms in total. The third kappa shape index (κ3) is 0.943. The van der Waals surface area contributed by atoms with Crippen LogP contribution in [0.5, 0.6) is 0 Å². The van der Waals surface area contributed by atoms with Crippen molar-refractivity contribution in [3.8, 4) is 0 Å². The first kappa shape index (κ1) is 6.27. The van der Waals surface area contributed by atoms with E-state index in [0.717, 1.165) is 18.2 Å². The minimum atomic E-state index is 0.303. The second kappa shape index (κ2) is 1.83. The predicted octanol–water partition coefficient (Wildman–Crippen LogP) is 1.75. The van der Waals surface area contributed by atoms with Crippen LogP contribution < -0.4 is 0 Å². The Balaban J connectivity index is 2.40. The van der Waals surface area contributed by atoms with Crippen LogP contribution in [-0.2, 0) is 4.79 Å². The molecule has 0 heterocycles. The van der Waals surface area contributed by atoms with Gasteiger partial charge in [0.05, 0.1) is 0 Å². The van der Waals surface area contributed by atoms with E-state index in [4.69, 9.17) is 0 Å². The average molecular weight is 177 g/mol. The summed E-state index contributed by atoms with van der Waals surface area (Å²) in [6.07, 6.45) is 1.55. The molecule has 0 aromatic carbocycles. The molecule has 1 saturated carbocycles. The van der Waals surface area contributed by atoms with E-state index in [0.29, 0.717) is 11.2 Å². The van der Waals surface area contributed by atoms with Crippen molar-refractivity contribution >= 4 is 21.7 Å². The van der Waals surface area contributed by atoms with Gasteiger partial charge in [-0.25, -0.2) is 0 Å². The molecule has 0 unspecified atom stereocenters. The molecule has 1 aliphatic carbocycles. The average Bonchev–Trinajstić information content (AvgIpc) is 1.63. The molecule has 1 fully saturated rings. The van der Waals surface area contributed by atoms with Crippen molar-refractivity contribution in [1.29, 1.82) is 0 Å². The number of rotatable bonds is 1. The lowest BCUT2D eigenvalue weighted by atomic mass is 9.71. The molecular formula is C6H9BrO. The SMILES string of the molecule is CC1(CBr)CC(=O)C1. The number of ketones is 1. The van der Waals surface area contributed by atoms with Gasteiger partial charge in [-0.1, -0.05) is 22.9 Å². The van der Waals surface area contributed by atoms with Crippen molar-refractivity contribution in [3.05, 3.63) is 0 Å². The van der Waals surface area contributed by atoms with Crippen LogP contribution >= 0.6 is 15.9 Å². The van der Waals surface area contributed by atoms with Gasteiger partial charge in [0.15, 0.2) is 0 Å². The lowest BCUT2D eigenvalue weighted by Crippen LogP contribution is -2.35. The molecule has 0 atom stereocenters. The van der Waals surface area contributed by atoms with Gasteiger partial charge in [0.2, 0.25) is 0 Å². The van der Waals surface area contributed by atoms with Crippen molar-refractivity contribution in [2.45, 2.75) is 19.8 Å². The summed E-state index contributed by atoms with van der Waals surface area (Å²) in [5, 5.41) is 0.964. The zero-order valence-electron chi connectivity index (χ0n) is 4.91. The van der Waals surface area contributed by atoms with Gasteiger partial charge in [0, 0.05) is 18.2 Å². The molecule has 0 radical (unpaired) electrons. The third-order valence-corrected chi connectivity index (χ3v) is 2.92. The van der Waals surface area contributed by atoms with Gasteiger partial charge in [0.1, 0.15) is 5.78 Å². The number of Topliss-reactive ketones (excluding diaryl/α,β-unsaturated/α-hetero) is 1. The summed E-state index contributed by atoms with van der Waals surface area (Å²) in [7, 11) is 0. The monoisotopic (exact) mass is 176 g/mol. The van der Waals surface area contributed by atoms with Gasteiger partial charge in [-0.15, -0.1) is 0 Å². The Morgan fingerprint density at radius 3 is 2.38 bits per heavy atom. The molecule has 1 rings (SSSR count). The van der Waals surface area contributed by atoms with E-state index in [1.165, 1.54) is 0 Å². The van der Waals surface area contributed by atoms with Gasteiger partial charge >= 0.3 is 0 Å². The van der Waals surface area contributed by atoms with Crippen LogP contribution in [0.3, 0.4) is 0 Å². The normalized spacial score (nSPS) is 25.0. The maximum Gasteiger partial charge on any atom is 0.134 e. The summed E-state index contributed by atoms with van der Waals surface area (Å²) in [6, 6.07) is 0. The van der Waals surface area contributed by atoms with Crippen molar-refractivity contribution in [3.63, 3.8) is 0 Å². The Bertz CT molecular complexity index is 112. The summed E-state index contributed by atoms with van der Waals surface area (Å²) in [5.41, 5.74) is 0.303. The zero-order chi connectivity index (χ0) is 6.20. The van der Waals surface area contributed by atoms with Crippen LogP contribution in [0.4, 0.5) is 0 Å². The minimum Gasteiger partial charge on any atom is -0.300 e. The summed E-state index contributed by atoms with van der Waals surface area (Å²) < 4.78 is 0. The lowest BCUT2D eigenvalue weighted by molar-refractivity contribution is -0.130. The van der Waals surface area contributed by atoms with Gasteiger partial charge in [-0.2, -0.15) is 0 Å². The van der Waals surface area contributed by atoms with Crippen LogP contribution in [0.15, 0.2) is 0 Å². The highest BCUT2D eigenvalue weighted by molar-refractivity contribution is 9.09. The number of halogens is 1. The fourth-order valence-electron chi connectivity index (χ4n) is 0.995. The molecule has 8 heavy (non-hydrogen) atoms. The van der Waals surface area contributed by atoms with Crippen LogP contribution in [0.1, 0.15) is 19.8 Å². The van der Waals surface area contributed by atoms with Crippen molar-refractivity contribution in [2.24, 2.45) is 5.41 Å². The van der Waals surface area contributed by atoms with Crippen LogP contribution in [0, 0.1) is 5.41 Å². The van der Waals surface area contributed by atoms with E-state index in [1.54, 1.807) is 0 Å². The molecule has 0 aliphatic heterocycles. The van der Waals surface area contributed by atoms with Gasteiger partial charge < -0.3 is 0 Å². The number of hydrogen-bond acceptors (Lipinski definition) is 1. The zero-order valence-corrected chi connectivity index (χ0v) is 6.49. The fraction of sp³-hybridized carbons (Fsp3) is 0.833. The minimum absolute atomic E-state index is 0.303. The highest BCUT2D eigenvalue weighted by Gasteiger charge is 2.37. The van der Waals surface area contributed by atoms with E-state index in [-0.39, 0.29) is 0 Å². The maximum absolute atomic E-state index is 10.5. The number of carbonyl (C=O) groups is 1. The Kier molecular flexibility index (Phi) is 1.44. The van der Waals surface area contributed by atoms with Gasteiger partial charge in [0.25, 0.3) is 0 Å². The second-order valence-corrected chi connectivity index (χ2v) is 3.40. The molecule has 0 saturated heterocycles. The molecule has 46 valence electrons. The smallest absolute Gasteiger partial charge is 0.134 e. The molecular weight excluding hydrogens is 168 g/mol. The quantitative estimate of drug-likeness (QED) is 0.557. The van der Waals surface area contributed by atoms with Crippen molar-refractivity contribution < 1.29 is 4.79 Å². The fourth-order valence-corrected chi connectivity index (χ4v) is 1.39. The van der Waals surface area contributed by atoms with Crippen LogP contribution in [0.2, 0.25) is 0 Å². The lowest BCUT2D eigenvalue weighted by Gasteiger charge is -2.34. The molecule has 0 amide bonds.